The van der Waals surface area contributed by atoms with Crippen LogP contribution in [-0.4, -0.2) is 20.9 Å². The summed E-state index contributed by atoms with van der Waals surface area (Å²) in [5.74, 6) is 0.139. The number of benzene rings is 1. The van der Waals surface area contributed by atoms with Crippen molar-refractivity contribution in [2.24, 2.45) is 0 Å². The first-order valence-corrected chi connectivity index (χ1v) is 8.39. The second-order valence-electron chi connectivity index (χ2n) is 6.15. The van der Waals surface area contributed by atoms with Gasteiger partial charge in [0.25, 0.3) is 5.91 Å². The zero-order valence-corrected chi connectivity index (χ0v) is 15.1. The summed E-state index contributed by atoms with van der Waals surface area (Å²) >= 11 is 0. The Hall–Kier alpha value is -3.28. The number of aromatic nitrogens is 3. The lowest BCUT2D eigenvalue weighted by atomic mass is 10.1. The molecule has 0 aliphatic carbocycles. The summed E-state index contributed by atoms with van der Waals surface area (Å²) in [5, 5.41) is 6.00. The van der Waals surface area contributed by atoms with Crippen LogP contribution in [0.1, 0.15) is 33.0 Å². The van der Waals surface area contributed by atoms with Crippen molar-refractivity contribution in [2.75, 3.05) is 5.32 Å². The van der Waals surface area contributed by atoms with Gasteiger partial charge < -0.3 is 10.6 Å². The lowest BCUT2D eigenvalue weighted by Crippen LogP contribution is -2.24. The molecule has 0 spiro atoms. The molecule has 2 heterocycles. The van der Waals surface area contributed by atoms with Gasteiger partial charge in [0.05, 0.1) is 12.2 Å². The number of rotatable bonds is 5. The molecule has 0 saturated carbocycles. The molecule has 0 fully saturated rings. The van der Waals surface area contributed by atoms with Crippen molar-refractivity contribution in [1.29, 1.82) is 0 Å². The fraction of sp³-hybridized carbons (Fsp3) is 0.200. The Morgan fingerprint density at radius 3 is 2.58 bits per heavy atom. The van der Waals surface area contributed by atoms with Crippen LogP contribution < -0.4 is 10.6 Å². The van der Waals surface area contributed by atoms with Crippen LogP contribution >= 0.6 is 0 Å². The molecule has 1 amide bonds. The molecular formula is C20H21N5O. The van der Waals surface area contributed by atoms with Crippen LogP contribution in [0.25, 0.3) is 0 Å². The Balaban J connectivity index is 1.74. The van der Waals surface area contributed by atoms with Gasteiger partial charge >= 0.3 is 0 Å². The van der Waals surface area contributed by atoms with Gasteiger partial charge in [-0.2, -0.15) is 0 Å². The Morgan fingerprint density at radius 1 is 1.00 bits per heavy atom. The van der Waals surface area contributed by atoms with Gasteiger partial charge in [0.2, 0.25) is 5.95 Å². The standard InChI is InChI=1S/C20H21N5O/c1-13-7-8-16(10-14(13)2)24-20-23-15(3)11-18(25-20)19(26)22-12-17-6-4-5-9-21-17/h4-11H,12H2,1-3H3,(H,22,26)(H,23,24,25). The summed E-state index contributed by atoms with van der Waals surface area (Å²) < 4.78 is 0. The number of pyridine rings is 1. The number of aryl methyl sites for hydroxylation is 3. The molecule has 6 nitrogen and oxygen atoms in total. The molecule has 0 aliphatic heterocycles. The SMILES string of the molecule is Cc1cc(C(=O)NCc2ccccn2)nc(Nc2ccc(C)c(C)c2)n1. The van der Waals surface area contributed by atoms with E-state index >= 15 is 0 Å². The summed E-state index contributed by atoms with van der Waals surface area (Å²) in [6, 6.07) is 13.3. The van der Waals surface area contributed by atoms with Crippen molar-refractivity contribution in [2.45, 2.75) is 27.3 Å². The highest BCUT2D eigenvalue weighted by Gasteiger charge is 2.11. The van der Waals surface area contributed by atoms with Crippen LogP contribution in [0.4, 0.5) is 11.6 Å². The van der Waals surface area contributed by atoms with Gasteiger partial charge in [0, 0.05) is 17.6 Å². The average molecular weight is 347 g/mol. The minimum absolute atomic E-state index is 0.260. The van der Waals surface area contributed by atoms with E-state index in [9.17, 15) is 4.79 Å². The van der Waals surface area contributed by atoms with Crippen LogP contribution in [0.15, 0.2) is 48.7 Å². The lowest BCUT2D eigenvalue weighted by molar-refractivity contribution is 0.0945. The zero-order valence-electron chi connectivity index (χ0n) is 15.1. The molecule has 6 heteroatoms. The normalized spacial score (nSPS) is 10.4. The topological polar surface area (TPSA) is 79.8 Å². The summed E-state index contributed by atoms with van der Waals surface area (Å²) in [4.78, 5) is 25.3. The third kappa shape index (κ3) is 4.42. The van der Waals surface area contributed by atoms with E-state index in [1.807, 2.05) is 50.2 Å². The molecule has 0 bridgehead atoms. The highest BCUT2D eigenvalue weighted by molar-refractivity contribution is 5.92. The number of hydrogen-bond acceptors (Lipinski definition) is 5. The second kappa shape index (κ2) is 7.74. The molecule has 26 heavy (non-hydrogen) atoms. The summed E-state index contributed by atoms with van der Waals surface area (Å²) in [6.45, 7) is 6.30. The van der Waals surface area contributed by atoms with Crippen LogP contribution in [0.5, 0.6) is 0 Å². The van der Waals surface area contributed by atoms with E-state index in [1.54, 1.807) is 12.3 Å². The maximum absolute atomic E-state index is 12.4. The fourth-order valence-electron chi connectivity index (χ4n) is 2.45. The molecule has 0 saturated heterocycles. The molecule has 3 rings (SSSR count). The van der Waals surface area contributed by atoms with Crippen LogP contribution in [0.2, 0.25) is 0 Å². The number of carbonyl (C=O) groups is 1. The molecular weight excluding hydrogens is 326 g/mol. The molecule has 0 radical (unpaired) electrons. The van der Waals surface area contributed by atoms with Crippen molar-refractivity contribution in [3.63, 3.8) is 0 Å². The van der Waals surface area contributed by atoms with Gasteiger partial charge in [-0.15, -0.1) is 0 Å². The predicted octanol–water partition coefficient (Wildman–Crippen LogP) is 3.47. The van der Waals surface area contributed by atoms with Gasteiger partial charge in [-0.3, -0.25) is 9.78 Å². The Morgan fingerprint density at radius 2 is 1.85 bits per heavy atom. The van der Waals surface area contributed by atoms with Gasteiger partial charge in [0.15, 0.2) is 0 Å². The van der Waals surface area contributed by atoms with Crippen LogP contribution in [0.3, 0.4) is 0 Å². The summed E-state index contributed by atoms with van der Waals surface area (Å²) in [6.07, 6.45) is 1.70. The highest BCUT2D eigenvalue weighted by atomic mass is 16.1. The fourth-order valence-corrected chi connectivity index (χ4v) is 2.45. The van der Waals surface area contributed by atoms with E-state index < -0.39 is 0 Å². The Kier molecular flexibility index (Phi) is 5.22. The predicted molar refractivity (Wildman–Crippen MR) is 101 cm³/mol. The number of nitrogens with one attached hydrogen (secondary N) is 2. The van der Waals surface area contributed by atoms with E-state index in [0.717, 1.165) is 11.4 Å². The van der Waals surface area contributed by atoms with E-state index in [0.29, 0.717) is 23.9 Å². The number of carbonyl (C=O) groups excluding carboxylic acids is 1. The molecule has 0 unspecified atom stereocenters. The van der Waals surface area contributed by atoms with Crippen molar-refractivity contribution < 1.29 is 4.79 Å². The number of nitrogens with zero attached hydrogens (tertiary/aromatic N) is 3. The van der Waals surface area contributed by atoms with Crippen LogP contribution in [0, 0.1) is 20.8 Å². The molecule has 1 aromatic carbocycles. The lowest BCUT2D eigenvalue weighted by Gasteiger charge is -2.10. The third-order valence-corrected chi connectivity index (χ3v) is 4.01. The monoisotopic (exact) mass is 347 g/mol. The van der Waals surface area contributed by atoms with E-state index in [1.165, 1.54) is 11.1 Å². The first-order chi connectivity index (χ1) is 12.5. The Labute approximate surface area is 152 Å². The molecule has 132 valence electrons. The van der Waals surface area contributed by atoms with Crippen molar-refractivity contribution >= 4 is 17.5 Å². The Bertz CT molecular complexity index is 925. The van der Waals surface area contributed by atoms with Gasteiger partial charge in [-0.05, 0) is 62.2 Å². The molecule has 0 atom stereocenters. The maximum atomic E-state index is 12.4. The second-order valence-corrected chi connectivity index (χ2v) is 6.15. The quantitative estimate of drug-likeness (QED) is 0.739. The van der Waals surface area contributed by atoms with E-state index in [4.69, 9.17) is 0 Å². The number of anilines is 2. The van der Waals surface area contributed by atoms with Crippen molar-refractivity contribution in [1.82, 2.24) is 20.3 Å². The van der Waals surface area contributed by atoms with Gasteiger partial charge in [0.1, 0.15) is 5.69 Å². The third-order valence-electron chi connectivity index (χ3n) is 4.01. The highest BCUT2D eigenvalue weighted by Crippen LogP contribution is 2.18. The van der Waals surface area contributed by atoms with Crippen molar-refractivity contribution in [3.05, 3.63) is 76.9 Å². The van der Waals surface area contributed by atoms with E-state index in [2.05, 4.69) is 32.5 Å². The molecule has 2 aromatic heterocycles. The summed E-state index contributed by atoms with van der Waals surface area (Å²) in [7, 11) is 0. The number of hydrogen-bond donors (Lipinski definition) is 2. The number of amides is 1. The minimum atomic E-state index is -0.260. The zero-order chi connectivity index (χ0) is 18.5. The first kappa shape index (κ1) is 17.5. The van der Waals surface area contributed by atoms with Gasteiger partial charge in [-0.1, -0.05) is 12.1 Å². The van der Waals surface area contributed by atoms with Gasteiger partial charge in [-0.25, -0.2) is 9.97 Å². The van der Waals surface area contributed by atoms with Crippen LogP contribution in [-0.2, 0) is 6.54 Å². The first-order valence-electron chi connectivity index (χ1n) is 8.39. The van der Waals surface area contributed by atoms with Crippen molar-refractivity contribution in [3.8, 4) is 0 Å². The average Bonchev–Trinajstić information content (AvgIpc) is 2.63. The minimum Gasteiger partial charge on any atom is -0.345 e. The molecule has 2 N–H and O–H groups in total. The maximum Gasteiger partial charge on any atom is 0.270 e. The van der Waals surface area contributed by atoms with E-state index in [-0.39, 0.29) is 5.91 Å². The molecule has 0 aliphatic rings. The smallest absolute Gasteiger partial charge is 0.270 e. The largest absolute Gasteiger partial charge is 0.345 e. The summed E-state index contributed by atoms with van der Waals surface area (Å²) in [5.41, 5.74) is 5.11. The molecule has 3 aromatic rings.